The summed E-state index contributed by atoms with van der Waals surface area (Å²) in [5.41, 5.74) is 3.75. The fraction of sp³-hybridized carbons (Fsp3) is 0.118. The van der Waals surface area contributed by atoms with Gasteiger partial charge in [-0.15, -0.1) is 10.2 Å². The topological polar surface area (TPSA) is 66.0 Å². The Morgan fingerprint density at radius 1 is 1.08 bits per heavy atom. The Labute approximate surface area is 142 Å². The smallest absolute Gasteiger partial charge is 0.276 e. The maximum Gasteiger partial charge on any atom is 0.276 e. The van der Waals surface area contributed by atoms with Crippen molar-refractivity contribution in [3.8, 4) is 22.9 Å². The maximum absolute atomic E-state index is 5.61. The number of hydrogen-bond acceptors (Lipinski definition) is 6. The van der Waals surface area contributed by atoms with Gasteiger partial charge in [0, 0.05) is 11.3 Å². The second-order valence-corrected chi connectivity index (χ2v) is 5.85. The van der Waals surface area contributed by atoms with Crippen LogP contribution in [0.5, 0.6) is 5.75 Å². The van der Waals surface area contributed by atoms with E-state index >= 15 is 0 Å². The van der Waals surface area contributed by atoms with Crippen LogP contribution in [0.1, 0.15) is 0 Å². The van der Waals surface area contributed by atoms with E-state index in [2.05, 4.69) is 15.2 Å². The molecule has 0 fully saturated rings. The van der Waals surface area contributed by atoms with Crippen molar-refractivity contribution in [2.75, 3.05) is 13.4 Å². The first-order valence-corrected chi connectivity index (χ1v) is 8.50. The molecule has 2 heterocycles. The molecule has 4 aromatic rings. The molecule has 0 spiro atoms. The van der Waals surface area contributed by atoms with E-state index in [4.69, 9.17) is 9.15 Å². The third-order valence-corrected chi connectivity index (χ3v) is 4.24. The number of fused-ring (bicyclic) bond motifs is 1. The third kappa shape index (κ3) is 2.52. The fourth-order valence-corrected chi connectivity index (χ4v) is 2.78. The summed E-state index contributed by atoms with van der Waals surface area (Å²) in [6, 6.07) is 13.7. The number of benzene rings is 2. The molecule has 6 nitrogen and oxygen atoms in total. The number of aromatic nitrogens is 4. The van der Waals surface area contributed by atoms with Crippen LogP contribution in [0.4, 0.5) is 0 Å². The van der Waals surface area contributed by atoms with E-state index in [1.807, 2.05) is 53.3 Å². The highest BCUT2D eigenvalue weighted by molar-refractivity contribution is 7.98. The number of imidazole rings is 1. The summed E-state index contributed by atoms with van der Waals surface area (Å²) in [5.74, 6) is 1.32. The summed E-state index contributed by atoms with van der Waals surface area (Å²) in [7, 11) is 1.65. The van der Waals surface area contributed by atoms with Gasteiger partial charge in [-0.1, -0.05) is 11.8 Å². The molecule has 0 amide bonds. The molecular formula is C17H14N4O2S. The Bertz CT molecular complexity index is 991. The molecule has 0 saturated carbocycles. The van der Waals surface area contributed by atoms with Crippen molar-refractivity contribution < 1.29 is 9.15 Å². The summed E-state index contributed by atoms with van der Waals surface area (Å²) in [4.78, 5) is 4.45. The second-order valence-electron chi connectivity index (χ2n) is 5.09. The van der Waals surface area contributed by atoms with Crippen LogP contribution in [0.15, 0.2) is 58.4 Å². The molecule has 0 radical (unpaired) electrons. The van der Waals surface area contributed by atoms with Gasteiger partial charge in [0.1, 0.15) is 12.1 Å². The summed E-state index contributed by atoms with van der Waals surface area (Å²) >= 11 is 1.42. The first kappa shape index (κ1) is 14.8. The molecule has 0 N–H and O–H groups in total. The van der Waals surface area contributed by atoms with Crippen LogP contribution in [0.3, 0.4) is 0 Å². The van der Waals surface area contributed by atoms with Crippen molar-refractivity contribution in [3.63, 3.8) is 0 Å². The van der Waals surface area contributed by atoms with E-state index in [-0.39, 0.29) is 0 Å². The minimum Gasteiger partial charge on any atom is -0.497 e. The average molecular weight is 338 g/mol. The van der Waals surface area contributed by atoms with Gasteiger partial charge in [-0.2, -0.15) is 0 Å². The van der Waals surface area contributed by atoms with Crippen LogP contribution < -0.4 is 4.74 Å². The molecule has 2 aromatic heterocycles. The second kappa shape index (κ2) is 6.01. The molecule has 0 saturated heterocycles. The minimum absolute atomic E-state index is 0.503. The van der Waals surface area contributed by atoms with Crippen molar-refractivity contribution in [2.24, 2.45) is 0 Å². The van der Waals surface area contributed by atoms with Crippen molar-refractivity contribution in [3.05, 3.63) is 48.8 Å². The fourth-order valence-electron chi connectivity index (χ4n) is 2.50. The molecule has 4 rings (SSSR count). The van der Waals surface area contributed by atoms with Crippen LogP contribution in [0.2, 0.25) is 0 Å². The van der Waals surface area contributed by atoms with Gasteiger partial charge in [0.25, 0.3) is 5.22 Å². The zero-order valence-electron chi connectivity index (χ0n) is 13.1. The number of thioether (sulfide) groups is 1. The Morgan fingerprint density at radius 3 is 2.62 bits per heavy atom. The van der Waals surface area contributed by atoms with E-state index in [1.165, 1.54) is 11.8 Å². The number of methoxy groups -OCH3 is 1. The molecule has 120 valence electrons. The van der Waals surface area contributed by atoms with Crippen molar-refractivity contribution in [1.29, 1.82) is 0 Å². The monoisotopic (exact) mass is 338 g/mol. The van der Waals surface area contributed by atoms with Crippen molar-refractivity contribution >= 4 is 22.8 Å². The van der Waals surface area contributed by atoms with E-state index in [1.54, 1.807) is 13.4 Å². The molecule has 0 aliphatic rings. The molecule has 24 heavy (non-hydrogen) atoms. The molecule has 2 aromatic carbocycles. The standard InChI is InChI=1S/C17H14N4O2S/c1-22-13-6-4-12(5-7-13)21-10-18-14-8-3-11(9-15(14)21)16-19-20-17(23-16)24-2/h3-10H,1-2H3. The molecular weight excluding hydrogens is 324 g/mol. The molecule has 0 atom stereocenters. The summed E-state index contributed by atoms with van der Waals surface area (Å²) < 4.78 is 12.8. The number of rotatable bonds is 4. The van der Waals surface area contributed by atoms with Crippen LogP contribution in [0, 0.1) is 0 Å². The highest BCUT2D eigenvalue weighted by atomic mass is 32.2. The van der Waals surface area contributed by atoms with Crippen molar-refractivity contribution in [1.82, 2.24) is 19.7 Å². The Morgan fingerprint density at radius 2 is 1.92 bits per heavy atom. The van der Waals surface area contributed by atoms with Gasteiger partial charge >= 0.3 is 0 Å². The molecule has 0 aliphatic carbocycles. The number of ether oxygens (including phenoxy) is 1. The summed E-state index contributed by atoms with van der Waals surface area (Å²) in [5, 5.41) is 8.63. The maximum atomic E-state index is 5.61. The lowest BCUT2D eigenvalue weighted by Crippen LogP contribution is -1.92. The van der Waals surface area contributed by atoms with Gasteiger partial charge in [-0.25, -0.2) is 4.98 Å². The van der Waals surface area contributed by atoms with Crippen molar-refractivity contribution in [2.45, 2.75) is 5.22 Å². The number of hydrogen-bond donors (Lipinski definition) is 0. The Kier molecular flexibility index (Phi) is 3.70. The first-order chi connectivity index (χ1) is 11.8. The minimum atomic E-state index is 0.503. The first-order valence-electron chi connectivity index (χ1n) is 7.28. The normalized spacial score (nSPS) is 11.1. The van der Waals surface area contributed by atoms with Crippen LogP contribution in [-0.4, -0.2) is 33.1 Å². The van der Waals surface area contributed by atoms with Crippen LogP contribution >= 0.6 is 11.8 Å². The van der Waals surface area contributed by atoms with E-state index in [0.717, 1.165) is 28.0 Å². The average Bonchev–Trinajstić information content (AvgIpc) is 3.28. The molecule has 0 unspecified atom stereocenters. The molecule has 7 heteroatoms. The van der Waals surface area contributed by atoms with Gasteiger partial charge in [0.05, 0.1) is 18.1 Å². The highest BCUT2D eigenvalue weighted by Crippen LogP contribution is 2.27. The van der Waals surface area contributed by atoms with Crippen LogP contribution in [-0.2, 0) is 0 Å². The lowest BCUT2D eigenvalue weighted by Gasteiger charge is -2.06. The van der Waals surface area contributed by atoms with E-state index < -0.39 is 0 Å². The summed E-state index contributed by atoms with van der Waals surface area (Å²) in [6.45, 7) is 0. The molecule has 0 bridgehead atoms. The zero-order valence-corrected chi connectivity index (χ0v) is 13.9. The predicted molar refractivity (Wildman–Crippen MR) is 92.7 cm³/mol. The van der Waals surface area contributed by atoms with E-state index in [0.29, 0.717) is 11.1 Å². The Hall–Kier alpha value is -2.80. The number of nitrogens with zero attached hydrogens (tertiary/aromatic N) is 4. The van der Waals surface area contributed by atoms with Gasteiger partial charge < -0.3 is 9.15 Å². The lowest BCUT2D eigenvalue weighted by molar-refractivity contribution is 0.415. The third-order valence-electron chi connectivity index (χ3n) is 3.73. The van der Waals surface area contributed by atoms with Gasteiger partial charge in [0.15, 0.2) is 0 Å². The van der Waals surface area contributed by atoms with Crippen LogP contribution in [0.25, 0.3) is 28.2 Å². The molecule has 0 aliphatic heterocycles. The predicted octanol–water partition coefficient (Wildman–Crippen LogP) is 3.81. The van der Waals surface area contributed by atoms with Gasteiger partial charge in [-0.3, -0.25) is 4.57 Å². The SMILES string of the molecule is COc1ccc(-n2cnc3ccc(-c4nnc(SC)o4)cc32)cc1. The quantitative estimate of drug-likeness (QED) is 0.527. The lowest BCUT2D eigenvalue weighted by atomic mass is 10.2. The van der Waals surface area contributed by atoms with Gasteiger partial charge in [-0.05, 0) is 48.7 Å². The zero-order chi connectivity index (χ0) is 16.5. The Balaban J connectivity index is 1.80. The largest absolute Gasteiger partial charge is 0.497 e. The highest BCUT2D eigenvalue weighted by Gasteiger charge is 2.11. The van der Waals surface area contributed by atoms with Gasteiger partial charge in [0.2, 0.25) is 5.89 Å². The van der Waals surface area contributed by atoms with E-state index in [9.17, 15) is 0 Å². The summed E-state index contributed by atoms with van der Waals surface area (Å²) in [6.07, 6.45) is 3.70.